The zero-order valence-electron chi connectivity index (χ0n) is 13.7. The van der Waals surface area contributed by atoms with Gasteiger partial charge >= 0.3 is 0 Å². The van der Waals surface area contributed by atoms with Crippen molar-refractivity contribution in [3.05, 3.63) is 64.3 Å². The Hall–Kier alpha value is -3.05. The first-order valence-electron chi connectivity index (χ1n) is 7.37. The number of benzene rings is 2. The summed E-state index contributed by atoms with van der Waals surface area (Å²) in [5, 5.41) is 25.3. The van der Waals surface area contributed by atoms with Crippen molar-refractivity contribution in [2.45, 2.75) is 17.4 Å². The first kappa shape index (κ1) is 19.3. The highest BCUT2D eigenvalue weighted by atomic mass is 32.2. The molecule has 0 aliphatic heterocycles. The van der Waals surface area contributed by atoms with E-state index in [9.17, 15) is 14.3 Å². The van der Waals surface area contributed by atoms with Gasteiger partial charge in [-0.15, -0.1) is 11.8 Å². The summed E-state index contributed by atoms with van der Waals surface area (Å²) in [6.07, 6.45) is 0. The van der Waals surface area contributed by atoms with Gasteiger partial charge in [0, 0.05) is 21.2 Å². The Bertz CT molecular complexity index is 902. The van der Waals surface area contributed by atoms with Crippen LogP contribution in [0.2, 0.25) is 0 Å². The molecule has 0 saturated heterocycles. The molecule has 132 valence electrons. The standard InChI is InChI=1S/C17H14FN5O2S/c1-17(25,10-26-14-6-3-12(18)4-7-14)16(24)21-13-5-2-11(9-19)15(8-13)22-23-20/h2-8,25H,10H2,1H3,(H,21,24). The highest BCUT2D eigenvalue weighted by molar-refractivity contribution is 7.99. The van der Waals surface area contributed by atoms with Crippen molar-refractivity contribution in [2.24, 2.45) is 5.11 Å². The molecular weight excluding hydrogens is 357 g/mol. The zero-order valence-corrected chi connectivity index (χ0v) is 14.5. The third kappa shape index (κ3) is 4.97. The SMILES string of the molecule is CC(O)(CSc1ccc(F)cc1)C(=O)Nc1ccc(C#N)c(N=[N+]=[N-])c1. The minimum Gasteiger partial charge on any atom is -0.379 e. The van der Waals surface area contributed by atoms with E-state index in [0.29, 0.717) is 4.90 Å². The molecule has 26 heavy (non-hydrogen) atoms. The van der Waals surface area contributed by atoms with Gasteiger partial charge < -0.3 is 10.4 Å². The van der Waals surface area contributed by atoms with Crippen molar-refractivity contribution in [3.63, 3.8) is 0 Å². The second kappa shape index (κ2) is 8.36. The maximum absolute atomic E-state index is 12.9. The molecule has 2 rings (SSSR count). The van der Waals surface area contributed by atoms with Crippen LogP contribution in [0.1, 0.15) is 12.5 Å². The van der Waals surface area contributed by atoms with Crippen molar-refractivity contribution in [2.75, 3.05) is 11.1 Å². The highest BCUT2D eigenvalue weighted by Crippen LogP contribution is 2.26. The Morgan fingerprint density at radius 3 is 2.73 bits per heavy atom. The van der Waals surface area contributed by atoms with Crippen molar-refractivity contribution in [1.29, 1.82) is 5.26 Å². The Morgan fingerprint density at radius 2 is 2.12 bits per heavy atom. The molecule has 0 aliphatic rings. The van der Waals surface area contributed by atoms with E-state index in [1.807, 2.05) is 6.07 Å². The normalized spacial score (nSPS) is 12.4. The Labute approximate surface area is 153 Å². The van der Waals surface area contributed by atoms with Crippen molar-refractivity contribution in [3.8, 4) is 6.07 Å². The molecular formula is C17H14FN5O2S. The van der Waals surface area contributed by atoms with Crippen LogP contribution in [0.3, 0.4) is 0 Å². The molecule has 0 heterocycles. The van der Waals surface area contributed by atoms with E-state index in [2.05, 4.69) is 15.3 Å². The van der Waals surface area contributed by atoms with Crippen LogP contribution in [0, 0.1) is 17.1 Å². The van der Waals surface area contributed by atoms with Crippen molar-refractivity contribution >= 4 is 29.0 Å². The van der Waals surface area contributed by atoms with Crippen LogP contribution in [-0.4, -0.2) is 22.4 Å². The van der Waals surface area contributed by atoms with Gasteiger partial charge in [0.25, 0.3) is 5.91 Å². The minimum absolute atomic E-state index is 0.0456. The van der Waals surface area contributed by atoms with Crippen LogP contribution < -0.4 is 5.32 Å². The van der Waals surface area contributed by atoms with Gasteiger partial charge in [-0.3, -0.25) is 4.79 Å². The lowest BCUT2D eigenvalue weighted by Gasteiger charge is -2.22. The molecule has 0 saturated carbocycles. The van der Waals surface area contributed by atoms with Crippen LogP contribution in [0.15, 0.2) is 52.5 Å². The highest BCUT2D eigenvalue weighted by Gasteiger charge is 2.30. The molecule has 9 heteroatoms. The number of carbonyl (C=O) groups is 1. The average Bonchev–Trinajstić information content (AvgIpc) is 2.62. The van der Waals surface area contributed by atoms with Crippen LogP contribution >= 0.6 is 11.8 Å². The number of hydrogen-bond donors (Lipinski definition) is 2. The topological polar surface area (TPSA) is 122 Å². The number of azide groups is 1. The fourth-order valence-electron chi connectivity index (χ4n) is 1.92. The van der Waals surface area contributed by atoms with Gasteiger partial charge in [0.2, 0.25) is 0 Å². The minimum atomic E-state index is -1.70. The van der Waals surface area contributed by atoms with Crippen LogP contribution in [-0.2, 0) is 4.79 Å². The van der Waals surface area contributed by atoms with Crippen LogP contribution in [0.25, 0.3) is 10.4 Å². The number of rotatable bonds is 6. The van der Waals surface area contributed by atoms with Crippen molar-refractivity contribution < 1.29 is 14.3 Å². The maximum Gasteiger partial charge on any atom is 0.256 e. The predicted molar refractivity (Wildman–Crippen MR) is 96.3 cm³/mol. The summed E-state index contributed by atoms with van der Waals surface area (Å²) in [7, 11) is 0. The number of amides is 1. The summed E-state index contributed by atoms with van der Waals surface area (Å²) in [5.74, 6) is -0.983. The monoisotopic (exact) mass is 371 g/mol. The number of nitriles is 1. The number of nitrogens with one attached hydrogen (secondary N) is 1. The number of thioether (sulfide) groups is 1. The van der Waals surface area contributed by atoms with Gasteiger partial charge in [0.05, 0.1) is 17.3 Å². The summed E-state index contributed by atoms with van der Waals surface area (Å²) in [4.78, 5) is 15.7. The lowest BCUT2D eigenvalue weighted by Crippen LogP contribution is -2.42. The van der Waals surface area contributed by atoms with E-state index in [-0.39, 0.29) is 28.5 Å². The number of halogens is 1. The molecule has 2 N–H and O–H groups in total. The Balaban J connectivity index is 2.07. The smallest absolute Gasteiger partial charge is 0.256 e. The van der Waals surface area contributed by atoms with Gasteiger partial charge in [-0.05, 0) is 54.9 Å². The predicted octanol–water partition coefficient (Wildman–Crippen LogP) is 4.12. The molecule has 7 nitrogen and oxygen atoms in total. The van der Waals surface area contributed by atoms with E-state index in [4.69, 9.17) is 10.8 Å². The maximum atomic E-state index is 12.9. The molecule has 2 aromatic rings. The lowest BCUT2D eigenvalue weighted by atomic mass is 10.1. The first-order valence-corrected chi connectivity index (χ1v) is 8.36. The second-order valence-electron chi connectivity index (χ2n) is 5.50. The van der Waals surface area contributed by atoms with Crippen molar-refractivity contribution in [1.82, 2.24) is 0 Å². The van der Waals surface area contributed by atoms with E-state index >= 15 is 0 Å². The quantitative estimate of drug-likeness (QED) is 0.343. The molecule has 0 aliphatic carbocycles. The van der Waals surface area contributed by atoms with E-state index in [0.717, 1.165) is 0 Å². The van der Waals surface area contributed by atoms with Gasteiger partial charge in [-0.1, -0.05) is 5.11 Å². The summed E-state index contributed by atoms with van der Waals surface area (Å²) in [6.45, 7) is 1.36. The number of anilines is 1. The molecule has 0 fully saturated rings. The molecule has 1 atom stereocenters. The van der Waals surface area contributed by atoms with Crippen LogP contribution in [0.4, 0.5) is 15.8 Å². The van der Waals surface area contributed by atoms with Gasteiger partial charge in [-0.2, -0.15) is 5.26 Å². The fourth-order valence-corrected chi connectivity index (χ4v) is 2.83. The first-order chi connectivity index (χ1) is 12.4. The lowest BCUT2D eigenvalue weighted by molar-refractivity contribution is -0.130. The summed E-state index contributed by atoms with van der Waals surface area (Å²) in [6, 6.07) is 11.8. The zero-order chi connectivity index (χ0) is 19.2. The second-order valence-corrected chi connectivity index (χ2v) is 6.55. The van der Waals surface area contributed by atoms with E-state index in [1.165, 1.54) is 49.0 Å². The van der Waals surface area contributed by atoms with Gasteiger partial charge in [0.1, 0.15) is 11.4 Å². The average molecular weight is 371 g/mol. The third-order valence-corrected chi connectivity index (χ3v) is 4.66. The van der Waals surface area contributed by atoms with Gasteiger partial charge in [0.15, 0.2) is 0 Å². The molecule has 1 amide bonds. The molecule has 0 aromatic heterocycles. The summed E-state index contributed by atoms with van der Waals surface area (Å²) in [5.41, 5.74) is 7.35. The molecule has 0 radical (unpaired) electrons. The molecule has 2 aromatic carbocycles. The molecule has 0 bridgehead atoms. The number of aliphatic hydroxyl groups is 1. The van der Waals surface area contributed by atoms with Gasteiger partial charge in [-0.25, -0.2) is 4.39 Å². The van der Waals surface area contributed by atoms with Crippen LogP contribution in [0.5, 0.6) is 0 Å². The molecule has 1 unspecified atom stereocenters. The Morgan fingerprint density at radius 1 is 1.42 bits per heavy atom. The Kier molecular flexibility index (Phi) is 6.20. The van der Waals surface area contributed by atoms with E-state index in [1.54, 1.807) is 12.1 Å². The number of nitrogens with zero attached hydrogens (tertiary/aromatic N) is 4. The summed E-state index contributed by atoms with van der Waals surface area (Å²) < 4.78 is 12.9. The van der Waals surface area contributed by atoms with E-state index < -0.39 is 11.5 Å². The number of hydrogen-bond acceptors (Lipinski definition) is 5. The number of carbonyl (C=O) groups excluding carboxylic acids is 1. The molecule has 0 spiro atoms. The fraction of sp³-hybridized carbons (Fsp3) is 0.176. The third-order valence-electron chi connectivity index (χ3n) is 3.35. The summed E-state index contributed by atoms with van der Waals surface area (Å²) >= 11 is 1.21. The largest absolute Gasteiger partial charge is 0.379 e.